The molecular formula is C25H29F2N5O4S. The van der Waals surface area contributed by atoms with Gasteiger partial charge in [0.25, 0.3) is 5.92 Å². The molecule has 1 saturated carbocycles. The molecule has 1 saturated heterocycles. The van der Waals surface area contributed by atoms with Crippen LogP contribution in [0.1, 0.15) is 36.1 Å². The highest BCUT2D eigenvalue weighted by atomic mass is 32.1. The first kappa shape index (κ1) is 26.5. The number of nitrogens with two attached hydrogens (primary N) is 1. The van der Waals surface area contributed by atoms with Gasteiger partial charge in [0.05, 0.1) is 25.1 Å². The number of rotatable bonds is 11. The number of nitrogen functional groups attached to an aromatic ring is 1. The van der Waals surface area contributed by atoms with Gasteiger partial charge >= 0.3 is 0 Å². The predicted molar refractivity (Wildman–Crippen MR) is 133 cm³/mol. The second-order valence-corrected chi connectivity index (χ2v) is 10.4. The zero-order valence-electron chi connectivity index (χ0n) is 20.1. The molecule has 37 heavy (non-hydrogen) atoms. The standard InChI is InChI=1S/C25H29F2N5O4S/c26-25(27)14-24(25)10-19(23(35)31-11-18-9-16(13-37-18)22(28)29)32(15-24)21(34)12-30-20(33)7-4-8-36-17-5-2-1-3-6-17/h1-3,5-6,9,13,19H,4,7-8,10-12,14-15H2,(H3,28,29)(H,30,33)(H,31,35)/t19-,24-/m0/s1. The molecule has 0 radical (unpaired) electrons. The van der Waals surface area contributed by atoms with E-state index in [-0.39, 0.29) is 50.6 Å². The third-order valence-electron chi connectivity index (χ3n) is 6.67. The average Bonchev–Trinajstić information content (AvgIpc) is 3.25. The summed E-state index contributed by atoms with van der Waals surface area (Å²) in [6.45, 7) is -0.155. The monoisotopic (exact) mass is 533 g/mol. The molecule has 9 nitrogen and oxygen atoms in total. The zero-order chi connectivity index (χ0) is 26.6. The Kier molecular flexibility index (Phi) is 7.76. The molecule has 0 unspecified atom stereocenters. The van der Waals surface area contributed by atoms with Gasteiger partial charge in [-0.05, 0) is 31.0 Å². The van der Waals surface area contributed by atoms with E-state index in [1.165, 1.54) is 11.3 Å². The van der Waals surface area contributed by atoms with Crippen LogP contribution in [0.15, 0.2) is 41.8 Å². The Balaban J connectivity index is 1.27. The summed E-state index contributed by atoms with van der Waals surface area (Å²) in [4.78, 5) is 39.9. The maximum atomic E-state index is 14.1. The van der Waals surface area contributed by atoms with Gasteiger partial charge in [0.1, 0.15) is 17.6 Å². The molecule has 1 aromatic heterocycles. The van der Waals surface area contributed by atoms with Crippen LogP contribution in [-0.4, -0.2) is 60.1 Å². The second kappa shape index (κ2) is 10.8. The van der Waals surface area contributed by atoms with Gasteiger partial charge in [-0.2, -0.15) is 0 Å². The third-order valence-corrected chi connectivity index (χ3v) is 7.60. The van der Waals surface area contributed by atoms with Crippen LogP contribution in [0.3, 0.4) is 0 Å². The summed E-state index contributed by atoms with van der Waals surface area (Å²) in [5.74, 6) is -3.80. The predicted octanol–water partition coefficient (Wildman–Crippen LogP) is 2.25. The third kappa shape index (κ3) is 6.24. The molecule has 1 aromatic carbocycles. The molecule has 2 heterocycles. The lowest BCUT2D eigenvalue weighted by atomic mass is 10.0. The Labute approximate surface area is 216 Å². The van der Waals surface area contributed by atoms with Gasteiger partial charge in [-0.25, -0.2) is 8.78 Å². The van der Waals surface area contributed by atoms with Crippen molar-refractivity contribution in [1.82, 2.24) is 15.5 Å². The minimum Gasteiger partial charge on any atom is -0.494 e. The van der Waals surface area contributed by atoms with Crippen molar-refractivity contribution in [2.75, 3.05) is 19.7 Å². The lowest BCUT2D eigenvalue weighted by molar-refractivity contribution is -0.138. The molecule has 2 aliphatic rings. The quantitative estimate of drug-likeness (QED) is 0.199. The molecule has 3 amide bonds. The lowest BCUT2D eigenvalue weighted by Crippen LogP contribution is -2.48. The fraction of sp³-hybridized carbons (Fsp3) is 0.440. The molecule has 12 heteroatoms. The van der Waals surface area contributed by atoms with Crippen LogP contribution in [0, 0.1) is 10.8 Å². The Morgan fingerprint density at radius 3 is 2.59 bits per heavy atom. The zero-order valence-corrected chi connectivity index (χ0v) is 20.9. The molecule has 4 rings (SSSR count). The molecule has 5 N–H and O–H groups in total. The van der Waals surface area contributed by atoms with Crippen molar-refractivity contribution in [1.29, 1.82) is 5.41 Å². The highest BCUT2D eigenvalue weighted by molar-refractivity contribution is 7.10. The molecule has 198 valence electrons. The van der Waals surface area contributed by atoms with Gasteiger partial charge in [-0.15, -0.1) is 11.3 Å². The Bertz CT molecular complexity index is 1170. The first-order valence-corrected chi connectivity index (χ1v) is 12.8. The fourth-order valence-electron chi connectivity index (χ4n) is 4.46. The number of carbonyl (C=O) groups excluding carboxylic acids is 3. The first-order valence-electron chi connectivity index (χ1n) is 11.9. The van der Waals surface area contributed by atoms with E-state index in [4.69, 9.17) is 15.9 Å². The number of nitrogens with one attached hydrogen (secondary N) is 3. The van der Waals surface area contributed by atoms with Crippen LogP contribution in [-0.2, 0) is 20.9 Å². The number of halogens is 2. The minimum atomic E-state index is -2.92. The Morgan fingerprint density at radius 1 is 1.22 bits per heavy atom. The van der Waals surface area contributed by atoms with Crippen molar-refractivity contribution < 1.29 is 27.9 Å². The number of alkyl halides is 2. The van der Waals surface area contributed by atoms with Gasteiger partial charge in [-0.1, -0.05) is 18.2 Å². The van der Waals surface area contributed by atoms with E-state index in [2.05, 4.69) is 10.6 Å². The van der Waals surface area contributed by atoms with Crippen LogP contribution in [0.4, 0.5) is 8.78 Å². The largest absolute Gasteiger partial charge is 0.494 e. The summed E-state index contributed by atoms with van der Waals surface area (Å²) in [5, 5.41) is 14.4. The number of benzene rings is 1. The normalized spacial score (nSPS) is 21.5. The molecule has 1 spiro atoms. The van der Waals surface area contributed by atoms with Crippen LogP contribution < -0.4 is 21.1 Å². The highest BCUT2D eigenvalue weighted by Gasteiger charge is 2.75. The second-order valence-electron chi connectivity index (χ2n) is 9.38. The van der Waals surface area contributed by atoms with Gasteiger partial charge in [0.15, 0.2) is 0 Å². The Hall–Kier alpha value is -3.54. The van der Waals surface area contributed by atoms with E-state index in [0.29, 0.717) is 24.3 Å². The number of nitrogens with zero attached hydrogens (tertiary/aromatic N) is 1. The number of amides is 3. The molecule has 2 fully saturated rings. The molecule has 1 aliphatic heterocycles. The van der Waals surface area contributed by atoms with E-state index in [9.17, 15) is 23.2 Å². The first-order chi connectivity index (χ1) is 17.6. The molecule has 0 bridgehead atoms. The smallest absolute Gasteiger partial charge is 0.256 e. The maximum Gasteiger partial charge on any atom is 0.256 e. The van der Waals surface area contributed by atoms with Crippen molar-refractivity contribution in [2.45, 2.75) is 44.2 Å². The van der Waals surface area contributed by atoms with Crippen molar-refractivity contribution in [3.63, 3.8) is 0 Å². The van der Waals surface area contributed by atoms with Gasteiger partial charge in [-0.3, -0.25) is 19.8 Å². The maximum absolute atomic E-state index is 14.1. The number of hydrogen-bond donors (Lipinski definition) is 4. The summed E-state index contributed by atoms with van der Waals surface area (Å²) in [7, 11) is 0. The van der Waals surface area contributed by atoms with Crippen LogP contribution in [0.5, 0.6) is 5.75 Å². The number of ether oxygens (including phenoxy) is 1. The number of thiophene rings is 1. The summed E-state index contributed by atoms with van der Waals surface area (Å²) in [6, 6.07) is 9.78. The van der Waals surface area contributed by atoms with E-state index in [1.807, 2.05) is 18.2 Å². The van der Waals surface area contributed by atoms with E-state index >= 15 is 0 Å². The van der Waals surface area contributed by atoms with Crippen LogP contribution >= 0.6 is 11.3 Å². The number of para-hydroxylation sites is 1. The van der Waals surface area contributed by atoms with Crippen molar-refractivity contribution in [3.05, 3.63) is 52.2 Å². The summed E-state index contributed by atoms with van der Waals surface area (Å²) >= 11 is 1.31. The minimum absolute atomic E-state index is 0.0925. The Morgan fingerprint density at radius 2 is 1.95 bits per heavy atom. The molecule has 2 atom stereocenters. The van der Waals surface area contributed by atoms with Gasteiger partial charge in [0.2, 0.25) is 17.7 Å². The number of likely N-dealkylation sites (tertiary alicyclic amines) is 1. The summed E-state index contributed by atoms with van der Waals surface area (Å²) in [6.07, 6.45) is 0.0713. The van der Waals surface area contributed by atoms with E-state index in [0.717, 1.165) is 9.78 Å². The van der Waals surface area contributed by atoms with Crippen LogP contribution in [0.2, 0.25) is 0 Å². The van der Waals surface area contributed by atoms with Gasteiger partial charge < -0.3 is 26.0 Å². The SMILES string of the molecule is N=C(N)c1csc(CNC(=O)[C@@H]2C[C@@]3(CN2C(=O)CNC(=O)CCCOc2ccccc2)CC3(F)F)c1. The summed E-state index contributed by atoms with van der Waals surface area (Å²) in [5.41, 5.74) is 4.59. The number of hydrogen-bond acceptors (Lipinski definition) is 6. The molecule has 1 aliphatic carbocycles. The fourth-order valence-corrected chi connectivity index (χ4v) is 5.29. The molecular weight excluding hydrogens is 504 g/mol. The lowest BCUT2D eigenvalue weighted by Gasteiger charge is -2.24. The van der Waals surface area contributed by atoms with Crippen molar-refractivity contribution >= 4 is 34.9 Å². The summed E-state index contributed by atoms with van der Waals surface area (Å²) < 4.78 is 33.8. The highest BCUT2D eigenvalue weighted by Crippen LogP contribution is 2.66. The van der Waals surface area contributed by atoms with Crippen LogP contribution in [0.25, 0.3) is 0 Å². The van der Waals surface area contributed by atoms with E-state index in [1.54, 1.807) is 23.6 Å². The number of amidine groups is 1. The van der Waals surface area contributed by atoms with E-state index < -0.39 is 29.2 Å². The van der Waals surface area contributed by atoms with Gasteiger partial charge in [0, 0.05) is 35.2 Å². The number of carbonyl (C=O) groups is 3. The topological polar surface area (TPSA) is 138 Å². The molecule has 2 aromatic rings. The van der Waals surface area contributed by atoms with Crippen molar-refractivity contribution in [2.24, 2.45) is 11.1 Å². The van der Waals surface area contributed by atoms with Crippen molar-refractivity contribution in [3.8, 4) is 5.75 Å². The average molecular weight is 534 g/mol.